The summed E-state index contributed by atoms with van der Waals surface area (Å²) in [6.07, 6.45) is -8.24. The lowest BCUT2D eigenvalue weighted by molar-refractivity contribution is -0.143. The molecule has 4 rings (SSSR count). The minimum Gasteiger partial charge on any atom is -0.449 e. The Hall–Kier alpha value is -3.44. The molecule has 0 spiro atoms. The van der Waals surface area contributed by atoms with E-state index in [0.29, 0.717) is 29.8 Å². The standard InChI is InChI=1S/C26H27F6N3O3/c1-3-38-24(37)35-14(2)9-21(22-19-6-4-5-16(19)7-8-20(22)35)34(23(33)36)13-15-10-17(25(27,28)29)12-18(11-15)26(30,31)32/h7-8,10-12,14,21H,3-6,9,13H2,1-2H3,(H2,33,36). The Morgan fingerprint density at radius 2 is 1.68 bits per heavy atom. The number of carbonyl (C=O) groups is 2. The first-order valence-electron chi connectivity index (χ1n) is 12.2. The van der Waals surface area contributed by atoms with Crippen LogP contribution in [-0.2, 0) is 36.5 Å². The van der Waals surface area contributed by atoms with Crippen LogP contribution in [0.3, 0.4) is 0 Å². The number of halogens is 6. The van der Waals surface area contributed by atoms with E-state index >= 15 is 0 Å². The molecule has 2 aromatic carbocycles. The highest BCUT2D eigenvalue weighted by Gasteiger charge is 2.42. The molecule has 2 unspecified atom stereocenters. The number of hydrogen-bond donors (Lipinski definition) is 1. The highest BCUT2D eigenvalue weighted by Crippen LogP contribution is 2.46. The number of nitrogens with two attached hydrogens (primary N) is 1. The van der Waals surface area contributed by atoms with Crippen molar-refractivity contribution >= 4 is 17.8 Å². The Kier molecular flexibility index (Phi) is 7.28. The third kappa shape index (κ3) is 5.25. The van der Waals surface area contributed by atoms with Crippen LogP contribution in [0.4, 0.5) is 41.6 Å². The van der Waals surface area contributed by atoms with Crippen LogP contribution in [0.2, 0.25) is 0 Å². The van der Waals surface area contributed by atoms with Crippen molar-refractivity contribution in [3.8, 4) is 0 Å². The second-order valence-corrected chi connectivity index (χ2v) is 9.54. The summed E-state index contributed by atoms with van der Waals surface area (Å²) in [6.45, 7) is 2.95. The first kappa shape index (κ1) is 27.6. The maximum atomic E-state index is 13.4. The summed E-state index contributed by atoms with van der Waals surface area (Å²) >= 11 is 0. The van der Waals surface area contributed by atoms with Gasteiger partial charge < -0.3 is 15.4 Å². The van der Waals surface area contributed by atoms with E-state index in [1.54, 1.807) is 19.9 Å². The summed E-state index contributed by atoms with van der Waals surface area (Å²) in [4.78, 5) is 28.1. The Bertz CT molecular complexity index is 1210. The largest absolute Gasteiger partial charge is 0.449 e. The third-order valence-corrected chi connectivity index (χ3v) is 7.03. The lowest BCUT2D eigenvalue weighted by Crippen LogP contribution is -2.49. The second kappa shape index (κ2) is 10.0. The molecule has 12 heteroatoms. The number of aryl methyl sites for hydroxylation is 1. The normalized spacial score (nSPS) is 19.1. The van der Waals surface area contributed by atoms with E-state index in [2.05, 4.69) is 0 Å². The van der Waals surface area contributed by atoms with Gasteiger partial charge in [-0.15, -0.1) is 0 Å². The average Bonchev–Trinajstić information content (AvgIpc) is 3.29. The molecule has 206 valence electrons. The van der Waals surface area contributed by atoms with E-state index in [9.17, 15) is 35.9 Å². The maximum Gasteiger partial charge on any atom is 0.416 e. The summed E-state index contributed by atoms with van der Waals surface area (Å²) in [6, 6.07) is 2.58. The van der Waals surface area contributed by atoms with Gasteiger partial charge in [0, 0.05) is 18.2 Å². The van der Waals surface area contributed by atoms with E-state index in [0.717, 1.165) is 28.9 Å². The summed E-state index contributed by atoms with van der Waals surface area (Å²) in [7, 11) is 0. The van der Waals surface area contributed by atoms with Crippen LogP contribution < -0.4 is 10.6 Å². The molecule has 2 aliphatic rings. The number of primary amides is 1. The van der Waals surface area contributed by atoms with Crippen molar-refractivity contribution in [1.82, 2.24) is 4.90 Å². The number of nitrogens with zero attached hydrogens (tertiary/aromatic N) is 2. The summed E-state index contributed by atoms with van der Waals surface area (Å²) in [5.74, 6) is 0. The predicted molar refractivity (Wildman–Crippen MR) is 126 cm³/mol. The highest BCUT2D eigenvalue weighted by molar-refractivity contribution is 5.91. The van der Waals surface area contributed by atoms with Gasteiger partial charge in [0.15, 0.2) is 0 Å². The lowest BCUT2D eigenvalue weighted by Gasteiger charge is -2.43. The number of amides is 3. The molecule has 1 heterocycles. The van der Waals surface area contributed by atoms with Crippen LogP contribution in [0.5, 0.6) is 0 Å². The Labute approximate surface area is 215 Å². The molecule has 3 amide bonds. The monoisotopic (exact) mass is 543 g/mol. The molecular weight excluding hydrogens is 516 g/mol. The van der Waals surface area contributed by atoms with Crippen LogP contribution in [0.15, 0.2) is 30.3 Å². The van der Waals surface area contributed by atoms with Gasteiger partial charge >= 0.3 is 24.5 Å². The molecule has 0 bridgehead atoms. The third-order valence-electron chi connectivity index (χ3n) is 7.03. The van der Waals surface area contributed by atoms with Crippen LogP contribution in [0.25, 0.3) is 0 Å². The molecule has 2 aromatic rings. The SMILES string of the molecule is CCOC(=O)N1c2ccc3c(c2C(N(Cc2cc(C(F)(F)F)cc(C(F)(F)F)c2)C(N)=O)CC1C)CCC3. The van der Waals surface area contributed by atoms with Crippen LogP contribution >= 0.6 is 0 Å². The number of hydrogen-bond acceptors (Lipinski definition) is 3. The Balaban J connectivity index is 1.82. The van der Waals surface area contributed by atoms with Crippen molar-refractivity contribution in [2.24, 2.45) is 5.73 Å². The van der Waals surface area contributed by atoms with Crippen LogP contribution in [0, 0.1) is 0 Å². The number of carbonyl (C=O) groups excluding carboxylic acids is 2. The first-order valence-corrected chi connectivity index (χ1v) is 12.2. The molecule has 1 aliphatic carbocycles. The van der Waals surface area contributed by atoms with E-state index in [1.165, 1.54) is 4.90 Å². The van der Waals surface area contributed by atoms with E-state index < -0.39 is 54.2 Å². The molecule has 2 N–H and O–H groups in total. The van der Waals surface area contributed by atoms with Gasteiger partial charge in [0.25, 0.3) is 0 Å². The molecular formula is C26H27F6N3O3. The average molecular weight is 544 g/mol. The maximum absolute atomic E-state index is 13.4. The molecule has 2 atom stereocenters. The zero-order chi connectivity index (χ0) is 28.0. The van der Waals surface area contributed by atoms with Crippen LogP contribution in [-0.4, -0.2) is 29.7 Å². The molecule has 0 radical (unpaired) electrons. The number of urea groups is 1. The fraction of sp³-hybridized carbons (Fsp3) is 0.462. The topological polar surface area (TPSA) is 75.9 Å². The van der Waals surface area contributed by atoms with Crippen molar-refractivity contribution < 1.29 is 40.7 Å². The Morgan fingerprint density at radius 1 is 1.05 bits per heavy atom. The van der Waals surface area contributed by atoms with Gasteiger partial charge in [-0.1, -0.05) is 6.07 Å². The molecule has 38 heavy (non-hydrogen) atoms. The zero-order valence-electron chi connectivity index (χ0n) is 20.7. The fourth-order valence-corrected chi connectivity index (χ4v) is 5.45. The van der Waals surface area contributed by atoms with Crippen molar-refractivity contribution in [3.05, 3.63) is 63.7 Å². The van der Waals surface area contributed by atoms with Gasteiger partial charge in [0.1, 0.15) is 0 Å². The minimum atomic E-state index is -5.03. The van der Waals surface area contributed by atoms with Crippen molar-refractivity contribution in [3.63, 3.8) is 0 Å². The van der Waals surface area contributed by atoms with E-state index in [1.807, 2.05) is 6.07 Å². The summed E-state index contributed by atoms with van der Waals surface area (Å²) in [5, 5.41) is 0. The highest BCUT2D eigenvalue weighted by atomic mass is 19.4. The quantitative estimate of drug-likeness (QED) is 0.442. The number of anilines is 1. The molecule has 1 aliphatic heterocycles. The van der Waals surface area contributed by atoms with E-state index in [4.69, 9.17) is 10.5 Å². The van der Waals surface area contributed by atoms with Crippen molar-refractivity contribution in [1.29, 1.82) is 0 Å². The first-order chi connectivity index (χ1) is 17.7. The van der Waals surface area contributed by atoms with Crippen molar-refractivity contribution in [2.75, 3.05) is 11.5 Å². The zero-order valence-corrected chi connectivity index (χ0v) is 20.7. The molecule has 0 saturated carbocycles. The van der Waals surface area contributed by atoms with Gasteiger partial charge in [-0.3, -0.25) is 4.90 Å². The lowest BCUT2D eigenvalue weighted by atomic mass is 9.85. The minimum absolute atomic E-state index is 0.0419. The van der Waals surface area contributed by atoms with Gasteiger partial charge in [-0.05, 0) is 80.5 Å². The van der Waals surface area contributed by atoms with Gasteiger partial charge in [0.05, 0.1) is 29.5 Å². The summed E-state index contributed by atoms with van der Waals surface area (Å²) < 4.78 is 85.9. The number of rotatable bonds is 4. The predicted octanol–water partition coefficient (Wildman–Crippen LogP) is 6.59. The van der Waals surface area contributed by atoms with Crippen LogP contribution in [0.1, 0.15) is 66.1 Å². The second-order valence-electron chi connectivity index (χ2n) is 9.54. The van der Waals surface area contributed by atoms with Gasteiger partial charge in [0.2, 0.25) is 0 Å². The number of alkyl halides is 6. The van der Waals surface area contributed by atoms with E-state index in [-0.39, 0.29) is 24.7 Å². The number of ether oxygens (including phenoxy) is 1. The Morgan fingerprint density at radius 3 is 2.24 bits per heavy atom. The van der Waals surface area contributed by atoms with Crippen molar-refractivity contribution in [2.45, 2.75) is 70.5 Å². The molecule has 0 fully saturated rings. The smallest absolute Gasteiger partial charge is 0.416 e. The summed E-state index contributed by atoms with van der Waals surface area (Å²) in [5.41, 5.74) is 5.40. The number of fused-ring (bicyclic) bond motifs is 3. The van der Waals surface area contributed by atoms with Gasteiger partial charge in [-0.2, -0.15) is 26.3 Å². The molecule has 0 aromatic heterocycles. The number of benzene rings is 2. The fourth-order valence-electron chi connectivity index (χ4n) is 5.45. The molecule has 6 nitrogen and oxygen atoms in total. The molecule has 0 saturated heterocycles. The van der Waals surface area contributed by atoms with Gasteiger partial charge in [-0.25, -0.2) is 9.59 Å².